The molecule has 6 heteroatoms. The number of carbonyl (C=O) groups excluding carboxylic acids is 1. The van der Waals surface area contributed by atoms with Crippen LogP contribution in [0.5, 0.6) is 0 Å². The highest BCUT2D eigenvalue weighted by Gasteiger charge is 2.45. The molecule has 26 heavy (non-hydrogen) atoms. The third kappa shape index (κ3) is 2.29. The molecule has 0 radical (unpaired) electrons. The molecule has 1 N–H and O–H groups in total. The van der Waals surface area contributed by atoms with Crippen molar-refractivity contribution in [2.45, 2.75) is 18.9 Å². The molecule has 2 heterocycles. The van der Waals surface area contributed by atoms with Crippen LogP contribution in [0.3, 0.4) is 0 Å². The van der Waals surface area contributed by atoms with Gasteiger partial charge in [0.2, 0.25) is 5.78 Å². The van der Waals surface area contributed by atoms with Gasteiger partial charge < -0.3 is 5.32 Å². The normalized spacial score (nSPS) is 23.0. The van der Waals surface area contributed by atoms with Gasteiger partial charge in [0.1, 0.15) is 5.71 Å². The fraction of sp³-hybridized carbons (Fsp3) is 0.200. The lowest BCUT2D eigenvalue weighted by Crippen LogP contribution is -2.40. The van der Waals surface area contributed by atoms with Gasteiger partial charge in [-0.2, -0.15) is 10.4 Å². The maximum absolute atomic E-state index is 13.1. The summed E-state index contributed by atoms with van der Waals surface area (Å²) in [5, 5.41) is 18.5. The van der Waals surface area contributed by atoms with Crippen molar-refractivity contribution >= 4 is 17.7 Å². The molecule has 0 bridgehead atoms. The number of ketones is 1. The van der Waals surface area contributed by atoms with E-state index in [1.165, 1.54) is 0 Å². The minimum atomic E-state index is -0.789. The minimum absolute atomic E-state index is 0.181. The first-order valence-electron chi connectivity index (χ1n) is 8.34. The maximum Gasteiger partial charge on any atom is 0.211 e. The Kier molecular flexibility index (Phi) is 3.58. The fourth-order valence-electron chi connectivity index (χ4n) is 3.44. The largest absolute Gasteiger partial charge is 0.363 e. The van der Waals surface area contributed by atoms with E-state index in [0.29, 0.717) is 16.8 Å². The molecule has 1 aromatic carbocycles. The number of nitriles is 1. The number of benzene rings is 1. The number of aryl methyl sites for hydroxylation is 1. The summed E-state index contributed by atoms with van der Waals surface area (Å²) in [6, 6.07) is 7.19. The highest BCUT2D eigenvalue weighted by molar-refractivity contribution is 6.50. The van der Waals surface area contributed by atoms with E-state index >= 15 is 0 Å². The predicted molar refractivity (Wildman–Crippen MR) is 99.7 cm³/mol. The second-order valence-corrected chi connectivity index (χ2v) is 6.42. The number of hydrogen-bond donors (Lipinski definition) is 1. The summed E-state index contributed by atoms with van der Waals surface area (Å²) < 4.78 is 0. The Morgan fingerprint density at radius 2 is 2.23 bits per heavy atom. The number of Topliss-reactive ketones (excluding diaryl/α,β-unsaturated/α-hetero) is 1. The lowest BCUT2D eigenvalue weighted by molar-refractivity contribution is 0.106. The van der Waals surface area contributed by atoms with Crippen molar-refractivity contribution in [2.24, 2.45) is 10.1 Å². The highest BCUT2D eigenvalue weighted by atomic mass is 16.1. The highest BCUT2D eigenvalue weighted by Crippen LogP contribution is 2.38. The van der Waals surface area contributed by atoms with E-state index in [2.05, 4.69) is 28.6 Å². The molecule has 1 spiro atoms. The molecule has 6 nitrogen and oxygen atoms in total. The average Bonchev–Trinajstić information content (AvgIpc) is 2.86. The SMILES string of the molecule is Cc1cc(C(=O)C2=NC34C=NN(C)C3=CCC=C4NC=C2)ccc1C#N. The van der Waals surface area contributed by atoms with E-state index in [1.807, 2.05) is 14.0 Å². The smallest absolute Gasteiger partial charge is 0.211 e. The molecule has 0 fully saturated rings. The van der Waals surface area contributed by atoms with Gasteiger partial charge in [0.15, 0.2) is 5.54 Å². The number of likely N-dealkylation sites (N-methyl/N-ethyl adjacent to an activating group) is 1. The van der Waals surface area contributed by atoms with Crippen LogP contribution in [0, 0.1) is 18.3 Å². The molecule has 1 atom stereocenters. The van der Waals surface area contributed by atoms with Crippen LogP contribution in [0.2, 0.25) is 0 Å². The second kappa shape index (κ2) is 5.81. The van der Waals surface area contributed by atoms with Gasteiger partial charge in [-0.05, 0) is 43.2 Å². The number of hydrogen-bond acceptors (Lipinski definition) is 6. The van der Waals surface area contributed by atoms with Gasteiger partial charge in [0.25, 0.3) is 0 Å². The van der Waals surface area contributed by atoms with Gasteiger partial charge in [-0.3, -0.25) is 14.8 Å². The number of rotatable bonds is 2. The van der Waals surface area contributed by atoms with Crippen molar-refractivity contribution in [3.8, 4) is 6.07 Å². The topological polar surface area (TPSA) is 80.8 Å². The van der Waals surface area contributed by atoms with Gasteiger partial charge in [-0.1, -0.05) is 12.2 Å². The van der Waals surface area contributed by atoms with Crippen molar-refractivity contribution in [3.05, 3.63) is 70.7 Å². The summed E-state index contributed by atoms with van der Waals surface area (Å²) in [6.07, 6.45) is 10.1. The van der Waals surface area contributed by atoms with E-state index in [-0.39, 0.29) is 5.78 Å². The predicted octanol–water partition coefficient (Wildman–Crippen LogP) is 2.45. The van der Waals surface area contributed by atoms with Gasteiger partial charge in [-0.25, -0.2) is 0 Å². The molecule has 4 rings (SSSR count). The summed E-state index contributed by atoms with van der Waals surface area (Å²) in [5.74, 6) is -0.181. The van der Waals surface area contributed by atoms with Crippen molar-refractivity contribution in [1.29, 1.82) is 5.26 Å². The molecular weight excluding hydrogens is 326 g/mol. The van der Waals surface area contributed by atoms with Crippen LogP contribution in [-0.2, 0) is 0 Å². The van der Waals surface area contributed by atoms with Gasteiger partial charge in [-0.15, -0.1) is 0 Å². The Morgan fingerprint density at radius 1 is 1.38 bits per heavy atom. The zero-order valence-electron chi connectivity index (χ0n) is 14.5. The Hall–Kier alpha value is -3.46. The lowest BCUT2D eigenvalue weighted by Gasteiger charge is -2.30. The first kappa shape index (κ1) is 16.0. The van der Waals surface area contributed by atoms with Crippen molar-refractivity contribution in [1.82, 2.24) is 10.3 Å². The molecule has 0 amide bonds. The van der Waals surface area contributed by atoms with Gasteiger partial charge in [0.05, 0.1) is 29.2 Å². The fourth-order valence-corrected chi connectivity index (χ4v) is 3.44. The zero-order valence-corrected chi connectivity index (χ0v) is 14.5. The Bertz CT molecular complexity index is 1010. The summed E-state index contributed by atoms with van der Waals surface area (Å²) in [5.41, 5.74) is 3.24. The van der Waals surface area contributed by atoms with Crippen molar-refractivity contribution < 1.29 is 4.79 Å². The number of nitrogens with zero attached hydrogens (tertiary/aromatic N) is 4. The third-order valence-electron chi connectivity index (χ3n) is 4.82. The third-order valence-corrected chi connectivity index (χ3v) is 4.82. The molecule has 0 saturated carbocycles. The lowest BCUT2D eigenvalue weighted by atomic mass is 9.88. The van der Waals surface area contributed by atoms with Crippen LogP contribution in [0.25, 0.3) is 0 Å². The number of aliphatic imine (C=N–C) groups is 1. The molecule has 1 unspecified atom stereocenters. The first-order valence-corrected chi connectivity index (χ1v) is 8.34. The van der Waals surface area contributed by atoms with E-state index < -0.39 is 5.54 Å². The van der Waals surface area contributed by atoms with E-state index in [1.54, 1.807) is 41.7 Å². The van der Waals surface area contributed by atoms with Crippen LogP contribution in [0.4, 0.5) is 0 Å². The zero-order chi connectivity index (χ0) is 18.3. The van der Waals surface area contributed by atoms with Gasteiger partial charge in [0, 0.05) is 18.8 Å². The van der Waals surface area contributed by atoms with Crippen molar-refractivity contribution in [2.75, 3.05) is 7.05 Å². The van der Waals surface area contributed by atoms with Crippen LogP contribution in [0.1, 0.15) is 27.9 Å². The molecule has 3 aliphatic rings. The summed E-state index contributed by atoms with van der Waals surface area (Å²) in [7, 11) is 1.87. The Balaban J connectivity index is 1.79. The molecule has 1 aromatic rings. The van der Waals surface area contributed by atoms with Crippen molar-refractivity contribution in [3.63, 3.8) is 0 Å². The number of nitrogens with one attached hydrogen (secondary N) is 1. The average molecular weight is 343 g/mol. The minimum Gasteiger partial charge on any atom is -0.363 e. The molecule has 1 aliphatic carbocycles. The molecule has 0 saturated heterocycles. The molecule has 0 aromatic heterocycles. The standard InChI is InChI=1S/C20H17N5O/c1-13-10-14(6-7-15(13)11-21)19(26)16-8-9-22-17-4-3-5-18-20(17,24-16)12-23-25(18)2/h4-10,12,22H,3H2,1-2H3. The van der Waals surface area contributed by atoms with E-state index in [9.17, 15) is 4.79 Å². The van der Waals surface area contributed by atoms with Crippen LogP contribution < -0.4 is 5.32 Å². The molecule has 2 aliphatic heterocycles. The molecule has 128 valence electrons. The maximum atomic E-state index is 13.1. The number of carbonyl (C=O) groups is 1. The Labute approximate surface area is 151 Å². The first-order chi connectivity index (χ1) is 12.5. The monoisotopic (exact) mass is 343 g/mol. The van der Waals surface area contributed by atoms with Crippen LogP contribution in [0.15, 0.2) is 64.1 Å². The van der Waals surface area contributed by atoms with Crippen LogP contribution in [-0.4, -0.2) is 35.3 Å². The van der Waals surface area contributed by atoms with E-state index in [0.717, 1.165) is 23.4 Å². The number of allylic oxidation sites excluding steroid dienone is 3. The van der Waals surface area contributed by atoms with Crippen LogP contribution >= 0.6 is 0 Å². The summed E-state index contributed by atoms with van der Waals surface area (Å²) in [4.78, 5) is 17.9. The summed E-state index contributed by atoms with van der Waals surface area (Å²) in [6.45, 7) is 1.82. The molecular formula is C20H17N5O. The van der Waals surface area contributed by atoms with E-state index in [4.69, 9.17) is 10.3 Å². The summed E-state index contributed by atoms with van der Waals surface area (Å²) >= 11 is 0. The van der Waals surface area contributed by atoms with Gasteiger partial charge >= 0.3 is 0 Å². The number of hydrazone groups is 1. The quantitative estimate of drug-likeness (QED) is 0.837. The Morgan fingerprint density at radius 3 is 3.00 bits per heavy atom. The second-order valence-electron chi connectivity index (χ2n) is 6.42.